The number of amides is 6. The van der Waals surface area contributed by atoms with E-state index in [0.29, 0.717) is 43.0 Å². The normalized spacial score (nSPS) is 14.8. The zero-order chi connectivity index (χ0) is 42.9. The minimum Gasteiger partial charge on any atom is -0.367 e. The Bertz CT molecular complexity index is 1900. The van der Waals surface area contributed by atoms with Gasteiger partial charge in [0.25, 0.3) is 11.1 Å². The topological polar surface area (TPSA) is 247 Å². The van der Waals surface area contributed by atoms with E-state index < -0.39 is 70.2 Å². The van der Waals surface area contributed by atoms with Crippen molar-refractivity contribution in [2.24, 2.45) is 29.2 Å². The molecule has 3 aromatic rings. The average molecular weight is 819 g/mol. The van der Waals surface area contributed by atoms with E-state index in [1.54, 1.807) is 64.2 Å². The summed E-state index contributed by atoms with van der Waals surface area (Å²) < 4.78 is 0. The maximum Gasteiger partial charge on any atom is 0.282 e. The molecule has 16 heteroatoms. The largest absolute Gasteiger partial charge is 0.367 e. The number of nitrogens with one attached hydrogen (secondary N) is 6. The zero-order valence-electron chi connectivity index (χ0n) is 33.8. The second-order valence-electron chi connectivity index (χ2n) is 14.8. The number of aromatic nitrogens is 1. The van der Waals surface area contributed by atoms with Crippen molar-refractivity contribution < 1.29 is 33.6 Å². The van der Waals surface area contributed by atoms with E-state index >= 15 is 0 Å². The number of thioether (sulfide) groups is 1. The van der Waals surface area contributed by atoms with Crippen LogP contribution in [0.5, 0.6) is 0 Å². The van der Waals surface area contributed by atoms with Crippen LogP contribution in [0, 0.1) is 17.8 Å². The van der Waals surface area contributed by atoms with Gasteiger partial charge in [-0.1, -0.05) is 103 Å². The maximum absolute atomic E-state index is 14.0. The highest BCUT2D eigenvalue weighted by Gasteiger charge is 2.34. The summed E-state index contributed by atoms with van der Waals surface area (Å²) in [6.07, 6.45) is 5.17. The highest BCUT2D eigenvalue weighted by atomic mass is 32.2. The van der Waals surface area contributed by atoms with Gasteiger partial charge in [-0.05, 0) is 65.8 Å². The van der Waals surface area contributed by atoms with E-state index in [2.05, 4.69) is 38.1 Å². The lowest BCUT2D eigenvalue weighted by Gasteiger charge is -2.27. The zero-order valence-corrected chi connectivity index (χ0v) is 34.7. The molecule has 10 N–H and O–H groups in total. The number of carbonyl (C=O) groups excluding carboxylic acids is 7. The molecule has 0 unspecified atom stereocenters. The van der Waals surface area contributed by atoms with Crippen LogP contribution in [0.15, 0.2) is 67.4 Å². The fourth-order valence-electron chi connectivity index (χ4n) is 6.14. The Morgan fingerprint density at radius 2 is 1.50 bits per heavy atom. The lowest BCUT2D eigenvalue weighted by atomic mass is 9.97. The Labute approximate surface area is 344 Å². The van der Waals surface area contributed by atoms with Crippen LogP contribution >= 0.6 is 11.8 Å². The highest BCUT2D eigenvalue weighted by Crippen LogP contribution is 2.22. The van der Waals surface area contributed by atoms with Gasteiger partial charge < -0.3 is 47.8 Å². The Hall–Kier alpha value is -5.48. The number of rotatable bonds is 23. The standard InChI is InChI=1S/C42H58N8O7S/c1-7-25(4)33(23-51)47-40(56)35(27(6)28-16-9-8-10-17-28)49-42(57)58-41(36(44)52)50-39(55)34(24(2)3)48-38(54)32(46-37(53)26(5)15-13-14-20-43)21-29-22-45-31-19-12-11-18-30(29)31/h8-12,16-19,22-26,32-35,41,45H,6-7,13-15,20-21,43H2,1-5H3,(H2,44,52)(H,46,53)(H,47,56)(H,48,54)(H,49,57)(H,50,55)/t25-,26-,32-,33+,34-,35-,41-/m0/s1. The molecule has 2 aromatic carbocycles. The minimum atomic E-state index is -1.63. The summed E-state index contributed by atoms with van der Waals surface area (Å²) in [5, 5.41) is 11.6. The van der Waals surface area contributed by atoms with Crippen LogP contribution in [0.4, 0.5) is 4.79 Å². The molecule has 0 saturated heterocycles. The summed E-state index contributed by atoms with van der Waals surface area (Å²) in [4.78, 5) is 95.8. The maximum atomic E-state index is 14.0. The summed E-state index contributed by atoms with van der Waals surface area (Å²) in [7, 11) is 0. The minimum absolute atomic E-state index is 0.109. The highest BCUT2D eigenvalue weighted by molar-refractivity contribution is 8.14. The first-order valence-electron chi connectivity index (χ1n) is 19.5. The molecule has 0 saturated carbocycles. The van der Waals surface area contributed by atoms with E-state index in [0.717, 1.165) is 29.3 Å². The van der Waals surface area contributed by atoms with Gasteiger partial charge in [-0.15, -0.1) is 0 Å². The molecule has 15 nitrogen and oxygen atoms in total. The number of unbranched alkanes of at least 4 members (excludes halogenated alkanes) is 1. The fraction of sp³-hybridized carbons (Fsp3) is 0.452. The monoisotopic (exact) mass is 818 g/mol. The molecule has 0 radical (unpaired) electrons. The molecule has 58 heavy (non-hydrogen) atoms. The first-order chi connectivity index (χ1) is 27.6. The Balaban J connectivity index is 1.80. The van der Waals surface area contributed by atoms with Crippen LogP contribution in [-0.2, 0) is 35.2 Å². The van der Waals surface area contributed by atoms with Crippen molar-refractivity contribution in [3.05, 3.63) is 78.5 Å². The number of carbonyl (C=O) groups is 7. The van der Waals surface area contributed by atoms with Crippen molar-refractivity contribution >= 4 is 69.3 Å². The smallest absolute Gasteiger partial charge is 0.282 e. The summed E-state index contributed by atoms with van der Waals surface area (Å²) in [5.74, 6) is -4.69. The Morgan fingerprint density at radius 1 is 0.828 bits per heavy atom. The van der Waals surface area contributed by atoms with Gasteiger partial charge in [0.15, 0.2) is 5.37 Å². The number of aldehydes is 1. The molecule has 0 aliphatic rings. The van der Waals surface area contributed by atoms with Crippen molar-refractivity contribution in [3.8, 4) is 0 Å². The van der Waals surface area contributed by atoms with Crippen molar-refractivity contribution in [2.45, 2.75) is 96.3 Å². The van der Waals surface area contributed by atoms with Crippen molar-refractivity contribution in [1.29, 1.82) is 0 Å². The van der Waals surface area contributed by atoms with Gasteiger partial charge in [0, 0.05) is 29.4 Å². The molecule has 7 atom stereocenters. The second-order valence-corrected chi connectivity index (χ2v) is 15.8. The molecule has 0 fully saturated rings. The van der Waals surface area contributed by atoms with Gasteiger partial charge in [0.2, 0.25) is 23.6 Å². The van der Waals surface area contributed by atoms with Gasteiger partial charge >= 0.3 is 0 Å². The van der Waals surface area contributed by atoms with Crippen LogP contribution in [0.2, 0.25) is 0 Å². The summed E-state index contributed by atoms with van der Waals surface area (Å²) in [5.41, 5.74) is 13.6. The predicted molar refractivity (Wildman–Crippen MR) is 227 cm³/mol. The van der Waals surface area contributed by atoms with E-state index in [-0.39, 0.29) is 23.8 Å². The number of benzene rings is 2. The van der Waals surface area contributed by atoms with Crippen LogP contribution in [0.3, 0.4) is 0 Å². The molecule has 3 rings (SSSR count). The SMILES string of the molecule is C=C(c1ccccc1)[C@H](NC(=O)S[C@H](NC(=O)[C@@H](NC(=O)[C@H](Cc1c[nH]c2ccccc12)NC(=O)[C@@H](C)CCCCN)C(C)C)C(N)=O)C(=O)N[C@H](C=O)[C@@H](C)CC. The number of para-hydroxylation sites is 1. The molecular formula is C42H58N8O7S. The number of primary amides is 1. The van der Waals surface area contributed by atoms with Gasteiger partial charge in [-0.3, -0.25) is 28.8 Å². The first kappa shape index (κ1) is 46.9. The third-order valence-corrected chi connectivity index (χ3v) is 10.9. The molecule has 6 amide bonds. The molecule has 1 heterocycles. The number of H-pyrrole nitrogens is 1. The average Bonchev–Trinajstić information content (AvgIpc) is 3.62. The molecule has 1 aromatic heterocycles. The van der Waals surface area contributed by atoms with E-state index in [1.165, 1.54) is 0 Å². The van der Waals surface area contributed by atoms with Gasteiger partial charge in [-0.25, -0.2) is 0 Å². The second kappa shape index (κ2) is 23.1. The number of nitrogens with two attached hydrogens (primary N) is 2. The third kappa shape index (κ3) is 13.6. The van der Waals surface area contributed by atoms with E-state index in [1.807, 2.05) is 31.2 Å². The molecule has 0 aliphatic carbocycles. The van der Waals surface area contributed by atoms with Crippen molar-refractivity contribution in [1.82, 2.24) is 31.6 Å². The molecule has 0 bridgehead atoms. The Morgan fingerprint density at radius 3 is 2.12 bits per heavy atom. The van der Waals surface area contributed by atoms with Gasteiger partial charge in [0.1, 0.15) is 24.4 Å². The quantitative estimate of drug-likeness (QED) is 0.0397. The van der Waals surface area contributed by atoms with Crippen molar-refractivity contribution in [3.63, 3.8) is 0 Å². The van der Waals surface area contributed by atoms with Crippen LogP contribution < -0.4 is 38.1 Å². The molecule has 0 aliphatic heterocycles. The first-order valence-corrected chi connectivity index (χ1v) is 20.4. The Kier molecular flexibility index (Phi) is 18.6. The van der Waals surface area contributed by atoms with E-state index in [9.17, 15) is 33.6 Å². The summed E-state index contributed by atoms with van der Waals surface area (Å²) >= 11 is 0.325. The molecule has 314 valence electrons. The van der Waals surface area contributed by atoms with Crippen LogP contribution in [0.25, 0.3) is 16.5 Å². The summed E-state index contributed by atoms with van der Waals surface area (Å²) in [6.45, 7) is 13.3. The van der Waals surface area contributed by atoms with Gasteiger partial charge in [-0.2, -0.15) is 0 Å². The lowest BCUT2D eigenvalue weighted by Crippen LogP contribution is -2.58. The third-order valence-electron chi connectivity index (χ3n) is 10.0. The van der Waals surface area contributed by atoms with Crippen LogP contribution in [-0.4, -0.2) is 82.1 Å². The summed E-state index contributed by atoms with van der Waals surface area (Å²) in [6, 6.07) is 11.6. The van der Waals surface area contributed by atoms with Crippen LogP contribution in [0.1, 0.15) is 71.4 Å². The van der Waals surface area contributed by atoms with Crippen molar-refractivity contribution in [2.75, 3.05) is 6.54 Å². The number of hydrogen-bond donors (Lipinski definition) is 8. The fourth-order valence-corrected chi connectivity index (χ4v) is 6.83. The number of aromatic amines is 1. The molecule has 0 spiro atoms. The predicted octanol–water partition coefficient (Wildman–Crippen LogP) is 3.28. The number of fused-ring (bicyclic) bond motifs is 1. The number of hydrogen-bond acceptors (Lipinski definition) is 9. The molecular weight excluding hydrogens is 761 g/mol. The van der Waals surface area contributed by atoms with Gasteiger partial charge in [0.05, 0.1) is 6.04 Å². The lowest BCUT2D eigenvalue weighted by molar-refractivity contribution is -0.134. The van der Waals surface area contributed by atoms with E-state index in [4.69, 9.17) is 11.5 Å².